The van der Waals surface area contributed by atoms with Gasteiger partial charge in [-0.05, 0) is 47.5 Å². The molecule has 5 heteroatoms. The van der Waals surface area contributed by atoms with Gasteiger partial charge in [-0.1, -0.05) is 0 Å². The van der Waals surface area contributed by atoms with Gasteiger partial charge >= 0.3 is 6.09 Å². The van der Waals surface area contributed by atoms with E-state index in [0.717, 1.165) is 12.8 Å². The standard InChI is InChI=1S/C12H24N2O2.ClH/c1-8-6-10(13)7-9(2)14(8)11(15)16-12(3,4)5;/h8-10H,6-7,13H2,1-5H3;1H/t8-,9+,10?;. The maximum atomic E-state index is 12.0. The molecule has 0 aliphatic carbocycles. The van der Waals surface area contributed by atoms with E-state index < -0.39 is 5.60 Å². The molecule has 1 aliphatic heterocycles. The fourth-order valence-electron chi connectivity index (χ4n) is 2.31. The van der Waals surface area contributed by atoms with Crippen LogP contribution in [0.4, 0.5) is 4.79 Å². The average Bonchev–Trinajstić information content (AvgIpc) is 1.96. The number of carbonyl (C=O) groups is 1. The Bertz CT molecular complexity index is 254. The van der Waals surface area contributed by atoms with Gasteiger partial charge in [0.1, 0.15) is 5.60 Å². The zero-order valence-corrected chi connectivity index (χ0v) is 12.2. The highest BCUT2D eigenvalue weighted by molar-refractivity contribution is 5.85. The molecular weight excluding hydrogens is 240 g/mol. The van der Waals surface area contributed by atoms with Crippen LogP contribution in [0.5, 0.6) is 0 Å². The first-order chi connectivity index (χ1) is 7.20. The molecule has 1 amide bonds. The maximum Gasteiger partial charge on any atom is 0.410 e. The van der Waals surface area contributed by atoms with Crippen LogP contribution in [0.15, 0.2) is 0 Å². The van der Waals surface area contributed by atoms with Crippen LogP contribution in [0.3, 0.4) is 0 Å². The third-order valence-electron chi connectivity index (χ3n) is 2.84. The van der Waals surface area contributed by atoms with Crippen molar-refractivity contribution in [3.63, 3.8) is 0 Å². The third-order valence-corrected chi connectivity index (χ3v) is 2.84. The van der Waals surface area contributed by atoms with Gasteiger partial charge in [0.2, 0.25) is 0 Å². The van der Waals surface area contributed by atoms with Crippen LogP contribution in [-0.4, -0.2) is 34.7 Å². The first kappa shape index (κ1) is 16.5. The number of likely N-dealkylation sites (tertiary alicyclic amines) is 1. The number of ether oxygens (including phenoxy) is 1. The van der Waals surface area contributed by atoms with E-state index in [1.165, 1.54) is 0 Å². The molecule has 0 saturated carbocycles. The van der Waals surface area contributed by atoms with Crippen LogP contribution in [0.2, 0.25) is 0 Å². The van der Waals surface area contributed by atoms with E-state index in [9.17, 15) is 4.79 Å². The van der Waals surface area contributed by atoms with E-state index in [1.54, 1.807) is 0 Å². The van der Waals surface area contributed by atoms with Crippen molar-refractivity contribution in [3.05, 3.63) is 0 Å². The maximum absolute atomic E-state index is 12.0. The summed E-state index contributed by atoms with van der Waals surface area (Å²) in [5, 5.41) is 0. The van der Waals surface area contributed by atoms with Gasteiger partial charge in [0, 0.05) is 18.1 Å². The van der Waals surface area contributed by atoms with E-state index in [4.69, 9.17) is 10.5 Å². The normalized spacial score (nSPS) is 29.5. The Balaban J connectivity index is 0.00000256. The molecule has 4 nitrogen and oxygen atoms in total. The SMILES string of the molecule is C[C@@H]1CC(N)C[C@H](C)N1C(=O)OC(C)(C)C.Cl. The predicted molar refractivity (Wildman–Crippen MR) is 71.5 cm³/mol. The van der Waals surface area contributed by atoms with Gasteiger partial charge in [0.15, 0.2) is 0 Å². The van der Waals surface area contributed by atoms with E-state index >= 15 is 0 Å². The Morgan fingerprint density at radius 1 is 1.24 bits per heavy atom. The smallest absolute Gasteiger partial charge is 0.410 e. The highest BCUT2D eigenvalue weighted by atomic mass is 35.5. The first-order valence-corrected chi connectivity index (χ1v) is 5.97. The van der Waals surface area contributed by atoms with E-state index in [-0.39, 0.29) is 36.6 Å². The zero-order valence-electron chi connectivity index (χ0n) is 11.4. The molecule has 0 aromatic rings. The minimum Gasteiger partial charge on any atom is -0.444 e. The van der Waals surface area contributed by atoms with Crippen molar-refractivity contribution >= 4 is 18.5 Å². The number of nitrogens with zero attached hydrogens (tertiary/aromatic N) is 1. The number of rotatable bonds is 0. The van der Waals surface area contributed by atoms with E-state index in [0.29, 0.717) is 0 Å². The molecule has 1 saturated heterocycles. The predicted octanol–water partition coefficient (Wildman–Crippen LogP) is 2.54. The number of hydrogen-bond donors (Lipinski definition) is 1. The van der Waals surface area contributed by atoms with Crippen LogP contribution in [0, 0.1) is 0 Å². The summed E-state index contributed by atoms with van der Waals surface area (Å²) in [5.41, 5.74) is 5.49. The highest BCUT2D eigenvalue weighted by Crippen LogP contribution is 2.24. The third kappa shape index (κ3) is 4.72. The van der Waals surface area contributed by atoms with Crippen molar-refractivity contribution in [3.8, 4) is 0 Å². The molecule has 0 radical (unpaired) electrons. The molecule has 102 valence electrons. The Morgan fingerprint density at radius 2 is 1.65 bits per heavy atom. The zero-order chi connectivity index (χ0) is 12.5. The minimum absolute atomic E-state index is 0. The van der Waals surface area contributed by atoms with Crippen molar-refractivity contribution in [2.75, 3.05) is 0 Å². The Kier molecular flexibility index (Phi) is 5.75. The molecule has 2 N–H and O–H groups in total. The number of amides is 1. The lowest BCUT2D eigenvalue weighted by atomic mass is 9.94. The Morgan fingerprint density at radius 3 is 2.00 bits per heavy atom. The average molecular weight is 265 g/mol. The molecule has 3 atom stereocenters. The lowest BCUT2D eigenvalue weighted by Crippen LogP contribution is -2.54. The van der Waals surface area contributed by atoms with Crippen LogP contribution in [-0.2, 0) is 4.74 Å². The molecule has 0 aromatic carbocycles. The highest BCUT2D eigenvalue weighted by Gasteiger charge is 2.35. The van der Waals surface area contributed by atoms with Gasteiger partial charge in [0.05, 0.1) is 0 Å². The van der Waals surface area contributed by atoms with Crippen molar-refractivity contribution < 1.29 is 9.53 Å². The molecule has 17 heavy (non-hydrogen) atoms. The van der Waals surface area contributed by atoms with Crippen LogP contribution in [0.1, 0.15) is 47.5 Å². The summed E-state index contributed by atoms with van der Waals surface area (Å²) in [7, 11) is 0. The molecule has 0 aromatic heterocycles. The molecule has 1 rings (SSSR count). The van der Waals surface area contributed by atoms with Gasteiger partial charge in [-0.2, -0.15) is 0 Å². The second kappa shape index (κ2) is 5.91. The van der Waals surface area contributed by atoms with Crippen molar-refractivity contribution in [2.24, 2.45) is 5.73 Å². The van der Waals surface area contributed by atoms with Crippen LogP contribution >= 0.6 is 12.4 Å². The molecule has 1 aliphatic rings. The monoisotopic (exact) mass is 264 g/mol. The lowest BCUT2D eigenvalue weighted by molar-refractivity contribution is -0.00210. The number of hydrogen-bond acceptors (Lipinski definition) is 3. The Hall–Kier alpha value is -0.480. The summed E-state index contributed by atoms with van der Waals surface area (Å²) in [5.74, 6) is 0. The number of nitrogens with two attached hydrogens (primary N) is 1. The summed E-state index contributed by atoms with van der Waals surface area (Å²) >= 11 is 0. The summed E-state index contributed by atoms with van der Waals surface area (Å²) in [6, 6.07) is 0.519. The van der Waals surface area contributed by atoms with Crippen LogP contribution in [0.25, 0.3) is 0 Å². The van der Waals surface area contributed by atoms with Gasteiger partial charge in [-0.15, -0.1) is 12.4 Å². The van der Waals surface area contributed by atoms with E-state index in [2.05, 4.69) is 0 Å². The van der Waals surface area contributed by atoms with Gasteiger partial charge in [-0.25, -0.2) is 4.79 Å². The van der Waals surface area contributed by atoms with Gasteiger partial charge in [-0.3, -0.25) is 0 Å². The second-order valence-electron chi connectivity index (χ2n) is 5.82. The molecule has 0 bridgehead atoms. The topological polar surface area (TPSA) is 55.6 Å². The lowest BCUT2D eigenvalue weighted by Gasteiger charge is -2.41. The van der Waals surface area contributed by atoms with Gasteiger partial charge in [0.25, 0.3) is 0 Å². The van der Waals surface area contributed by atoms with Crippen molar-refractivity contribution in [1.82, 2.24) is 4.90 Å². The quantitative estimate of drug-likeness (QED) is 0.732. The molecule has 1 fully saturated rings. The second-order valence-corrected chi connectivity index (χ2v) is 5.82. The van der Waals surface area contributed by atoms with Crippen molar-refractivity contribution in [1.29, 1.82) is 0 Å². The first-order valence-electron chi connectivity index (χ1n) is 5.97. The molecule has 1 heterocycles. The fourth-order valence-corrected chi connectivity index (χ4v) is 2.31. The summed E-state index contributed by atoms with van der Waals surface area (Å²) in [6.07, 6.45) is 1.48. The summed E-state index contributed by atoms with van der Waals surface area (Å²) < 4.78 is 5.40. The largest absolute Gasteiger partial charge is 0.444 e. The summed E-state index contributed by atoms with van der Waals surface area (Å²) in [6.45, 7) is 9.71. The number of halogens is 1. The minimum atomic E-state index is -0.434. The summed E-state index contributed by atoms with van der Waals surface area (Å²) in [4.78, 5) is 13.8. The molecule has 0 spiro atoms. The Labute approximate surface area is 110 Å². The molecule has 1 unspecified atom stereocenters. The van der Waals surface area contributed by atoms with E-state index in [1.807, 2.05) is 39.5 Å². The van der Waals surface area contributed by atoms with Crippen molar-refractivity contribution in [2.45, 2.75) is 71.2 Å². The fraction of sp³-hybridized carbons (Fsp3) is 0.917. The van der Waals surface area contributed by atoms with Crippen LogP contribution < -0.4 is 5.73 Å². The number of piperidine rings is 1. The van der Waals surface area contributed by atoms with Gasteiger partial charge < -0.3 is 15.4 Å². The molecular formula is C12H25ClN2O2. The number of carbonyl (C=O) groups excluding carboxylic acids is 1.